The summed E-state index contributed by atoms with van der Waals surface area (Å²) in [6, 6.07) is 9.52. The van der Waals surface area contributed by atoms with E-state index in [0.29, 0.717) is 5.69 Å². The summed E-state index contributed by atoms with van der Waals surface area (Å²) < 4.78 is 27.1. The van der Waals surface area contributed by atoms with E-state index < -0.39 is 10.0 Å². The summed E-state index contributed by atoms with van der Waals surface area (Å²) in [5.74, 6) is -0.212. The first-order valence-corrected chi connectivity index (χ1v) is 8.22. The van der Waals surface area contributed by atoms with Crippen molar-refractivity contribution in [1.82, 2.24) is 8.87 Å². The highest BCUT2D eigenvalue weighted by Crippen LogP contribution is 2.19. The monoisotopic (exact) mass is 321 g/mol. The van der Waals surface area contributed by atoms with Crippen LogP contribution in [0.2, 0.25) is 0 Å². The van der Waals surface area contributed by atoms with E-state index in [4.69, 9.17) is 0 Å². The first-order valence-electron chi connectivity index (χ1n) is 6.78. The van der Waals surface area contributed by atoms with Crippen LogP contribution in [0.3, 0.4) is 0 Å². The summed E-state index contributed by atoms with van der Waals surface area (Å²) in [7, 11) is -0.588. The van der Waals surface area contributed by atoms with E-state index in [0.717, 1.165) is 4.31 Å². The fraction of sp³-hybridized carbons (Fsp3) is 0.267. The van der Waals surface area contributed by atoms with E-state index in [1.54, 1.807) is 36.0 Å². The molecule has 0 radical (unpaired) electrons. The summed E-state index contributed by atoms with van der Waals surface area (Å²) in [6.45, 7) is 1.77. The number of amides is 1. The Morgan fingerprint density at radius 1 is 1.18 bits per heavy atom. The lowest BCUT2D eigenvalue weighted by Gasteiger charge is -2.15. The van der Waals surface area contributed by atoms with Crippen LogP contribution in [0.25, 0.3) is 0 Å². The van der Waals surface area contributed by atoms with Crippen LogP contribution in [-0.2, 0) is 14.8 Å². The normalized spacial score (nSPS) is 13.1. The fourth-order valence-corrected chi connectivity index (χ4v) is 2.88. The molecule has 2 rings (SSSR count). The van der Waals surface area contributed by atoms with Crippen molar-refractivity contribution in [3.05, 3.63) is 48.8 Å². The van der Waals surface area contributed by atoms with Crippen molar-refractivity contribution in [1.29, 1.82) is 0 Å². The lowest BCUT2D eigenvalue weighted by atomic mass is 10.2. The summed E-state index contributed by atoms with van der Waals surface area (Å²) in [4.78, 5) is 12.4. The van der Waals surface area contributed by atoms with E-state index >= 15 is 0 Å². The molecule has 1 amide bonds. The predicted molar refractivity (Wildman–Crippen MR) is 85.1 cm³/mol. The fourth-order valence-electron chi connectivity index (χ4n) is 1.93. The molecule has 0 saturated carbocycles. The lowest BCUT2D eigenvalue weighted by molar-refractivity contribution is -0.118. The van der Waals surface area contributed by atoms with Gasteiger partial charge in [0.1, 0.15) is 6.04 Å². The van der Waals surface area contributed by atoms with Gasteiger partial charge in [0, 0.05) is 32.2 Å². The van der Waals surface area contributed by atoms with Gasteiger partial charge in [-0.2, -0.15) is 0 Å². The van der Waals surface area contributed by atoms with E-state index in [-0.39, 0.29) is 16.8 Å². The number of benzene rings is 1. The maximum absolute atomic E-state index is 12.2. The molecular weight excluding hydrogens is 302 g/mol. The minimum atomic E-state index is -3.52. The minimum Gasteiger partial charge on any atom is -0.342 e. The van der Waals surface area contributed by atoms with Gasteiger partial charge in [0.15, 0.2) is 0 Å². The molecule has 7 heteroatoms. The van der Waals surface area contributed by atoms with Crippen molar-refractivity contribution in [3.8, 4) is 0 Å². The van der Waals surface area contributed by atoms with Gasteiger partial charge in [0.25, 0.3) is 0 Å². The molecule has 118 valence electrons. The summed E-state index contributed by atoms with van der Waals surface area (Å²) in [5, 5.41) is 2.74. The van der Waals surface area contributed by atoms with Gasteiger partial charge in [0.05, 0.1) is 4.90 Å². The second kappa shape index (κ2) is 6.33. The second-order valence-electron chi connectivity index (χ2n) is 5.11. The highest BCUT2D eigenvalue weighted by atomic mass is 32.2. The summed E-state index contributed by atoms with van der Waals surface area (Å²) in [6.07, 6.45) is 3.61. The molecule has 0 fully saturated rings. The van der Waals surface area contributed by atoms with Gasteiger partial charge in [-0.1, -0.05) is 6.07 Å². The Morgan fingerprint density at radius 3 is 2.41 bits per heavy atom. The van der Waals surface area contributed by atoms with Crippen molar-refractivity contribution in [3.63, 3.8) is 0 Å². The van der Waals surface area contributed by atoms with Gasteiger partial charge in [-0.15, -0.1) is 0 Å². The number of hydrogen-bond acceptors (Lipinski definition) is 3. The van der Waals surface area contributed by atoms with Crippen molar-refractivity contribution in [2.45, 2.75) is 17.9 Å². The largest absolute Gasteiger partial charge is 0.342 e. The van der Waals surface area contributed by atoms with Gasteiger partial charge in [0.2, 0.25) is 15.9 Å². The molecule has 0 aliphatic carbocycles. The molecular formula is C15H19N3O3S. The first kappa shape index (κ1) is 16.3. The maximum atomic E-state index is 12.2. The van der Waals surface area contributed by atoms with Gasteiger partial charge in [-0.3, -0.25) is 4.79 Å². The third-order valence-corrected chi connectivity index (χ3v) is 5.15. The Labute approximate surface area is 130 Å². The minimum absolute atomic E-state index is 0.143. The van der Waals surface area contributed by atoms with Crippen LogP contribution in [0, 0.1) is 0 Å². The van der Waals surface area contributed by atoms with E-state index in [2.05, 4.69) is 5.32 Å². The van der Waals surface area contributed by atoms with Crippen molar-refractivity contribution < 1.29 is 13.2 Å². The third kappa shape index (κ3) is 3.37. The summed E-state index contributed by atoms with van der Waals surface area (Å²) in [5.41, 5.74) is 0.451. The molecule has 1 N–H and O–H groups in total. The van der Waals surface area contributed by atoms with E-state index in [1.165, 1.54) is 26.2 Å². The predicted octanol–water partition coefficient (Wildman–Crippen LogP) is 1.94. The highest BCUT2D eigenvalue weighted by Gasteiger charge is 2.19. The second-order valence-corrected chi connectivity index (χ2v) is 7.26. The Kier molecular flexibility index (Phi) is 4.68. The van der Waals surface area contributed by atoms with Crippen molar-refractivity contribution >= 4 is 21.6 Å². The topological polar surface area (TPSA) is 71.4 Å². The SMILES string of the molecule is C[C@@H](C(=O)Nc1cccc(S(=O)(=O)N(C)C)c1)n1cccc1. The third-order valence-electron chi connectivity index (χ3n) is 3.33. The number of rotatable bonds is 5. The molecule has 0 unspecified atom stereocenters. The highest BCUT2D eigenvalue weighted by molar-refractivity contribution is 7.89. The van der Waals surface area contributed by atoms with Gasteiger partial charge < -0.3 is 9.88 Å². The van der Waals surface area contributed by atoms with Crippen LogP contribution in [0.15, 0.2) is 53.7 Å². The molecule has 6 nitrogen and oxygen atoms in total. The van der Waals surface area contributed by atoms with Crippen molar-refractivity contribution in [2.24, 2.45) is 0 Å². The molecule has 0 aliphatic heterocycles. The average molecular weight is 321 g/mol. The van der Waals surface area contributed by atoms with Gasteiger partial charge >= 0.3 is 0 Å². The van der Waals surface area contributed by atoms with Crippen LogP contribution < -0.4 is 5.32 Å². The maximum Gasteiger partial charge on any atom is 0.247 e. The smallest absolute Gasteiger partial charge is 0.247 e. The van der Waals surface area contributed by atoms with E-state index in [1.807, 2.05) is 12.1 Å². The summed E-state index contributed by atoms with van der Waals surface area (Å²) >= 11 is 0. The molecule has 0 bridgehead atoms. The number of aromatic nitrogens is 1. The van der Waals surface area contributed by atoms with Crippen LogP contribution in [0.4, 0.5) is 5.69 Å². The molecule has 1 aromatic heterocycles. The molecule has 1 heterocycles. The molecule has 22 heavy (non-hydrogen) atoms. The zero-order chi connectivity index (χ0) is 16.3. The first-order chi connectivity index (χ1) is 10.3. The number of nitrogens with one attached hydrogen (secondary N) is 1. The Bertz CT molecular complexity index is 752. The van der Waals surface area contributed by atoms with Crippen LogP contribution >= 0.6 is 0 Å². The Hall–Kier alpha value is -2.12. The molecule has 1 atom stereocenters. The lowest BCUT2D eigenvalue weighted by Crippen LogP contribution is -2.24. The number of carbonyl (C=O) groups excluding carboxylic acids is 1. The standard InChI is InChI=1S/C15H19N3O3S/c1-12(18-9-4-5-10-18)15(19)16-13-7-6-8-14(11-13)22(20,21)17(2)3/h4-12H,1-3H3,(H,16,19)/t12-/m0/s1. The van der Waals surface area contributed by atoms with Crippen molar-refractivity contribution in [2.75, 3.05) is 19.4 Å². The van der Waals surface area contributed by atoms with Gasteiger partial charge in [-0.25, -0.2) is 12.7 Å². The molecule has 1 aromatic carbocycles. The van der Waals surface area contributed by atoms with Crippen LogP contribution in [-0.4, -0.2) is 37.3 Å². The van der Waals surface area contributed by atoms with Crippen LogP contribution in [0.1, 0.15) is 13.0 Å². The molecule has 0 saturated heterocycles. The number of anilines is 1. The Morgan fingerprint density at radius 2 is 1.82 bits per heavy atom. The number of sulfonamides is 1. The van der Waals surface area contributed by atoms with E-state index in [9.17, 15) is 13.2 Å². The van der Waals surface area contributed by atoms with Gasteiger partial charge in [-0.05, 0) is 37.3 Å². The molecule has 2 aromatic rings. The number of hydrogen-bond donors (Lipinski definition) is 1. The number of carbonyl (C=O) groups is 1. The quantitative estimate of drug-likeness (QED) is 0.915. The Balaban J connectivity index is 2.19. The number of nitrogens with zero attached hydrogens (tertiary/aromatic N) is 2. The molecule has 0 spiro atoms. The zero-order valence-electron chi connectivity index (χ0n) is 12.7. The zero-order valence-corrected chi connectivity index (χ0v) is 13.5. The average Bonchev–Trinajstić information content (AvgIpc) is 3.00. The molecule has 0 aliphatic rings. The van der Waals surface area contributed by atoms with Crippen LogP contribution in [0.5, 0.6) is 0 Å².